The molecular weight excluding hydrogens is 188 g/mol. The summed E-state index contributed by atoms with van der Waals surface area (Å²) in [5.41, 5.74) is 5.92. The zero-order valence-electron chi connectivity index (χ0n) is 9.39. The van der Waals surface area contributed by atoms with E-state index in [1.54, 1.807) is 0 Å². The van der Waals surface area contributed by atoms with Gasteiger partial charge in [0.25, 0.3) is 0 Å². The van der Waals surface area contributed by atoms with Crippen LogP contribution in [-0.2, 0) is 13.1 Å². The molecule has 2 rings (SSSR count). The number of imidazole rings is 1. The van der Waals surface area contributed by atoms with Crippen molar-refractivity contribution in [2.45, 2.75) is 38.9 Å². The maximum atomic E-state index is 5.92. The third-order valence-corrected chi connectivity index (χ3v) is 3.16. The van der Waals surface area contributed by atoms with E-state index in [2.05, 4.69) is 27.6 Å². The van der Waals surface area contributed by atoms with Crippen molar-refractivity contribution in [2.24, 2.45) is 5.73 Å². The maximum absolute atomic E-state index is 5.92. The summed E-state index contributed by atoms with van der Waals surface area (Å²) in [6.07, 6.45) is 6.11. The van der Waals surface area contributed by atoms with Crippen LogP contribution in [0.4, 0.5) is 0 Å². The Morgan fingerprint density at radius 3 is 3.20 bits per heavy atom. The summed E-state index contributed by atoms with van der Waals surface area (Å²) in [4.78, 5) is 6.79. The third kappa shape index (κ3) is 2.58. The Balaban J connectivity index is 1.82. The van der Waals surface area contributed by atoms with Crippen LogP contribution in [0, 0.1) is 0 Å². The van der Waals surface area contributed by atoms with Crippen molar-refractivity contribution in [2.75, 3.05) is 13.1 Å². The fourth-order valence-corrected chi connectivity index (χ4v) is 1.97. The molecule has 84 valence electrons. The van der Waals surface area contributed by atoms with E-state index in [9.17, 15) is 0 Å². The molecule has 1 aromatic rings. The zero-order chi connectivity index (χ0) is 10.7. The second-order valence-electron chi connectivity index (χ2n) is 4.27. The van der Waals surface area contributed by atoms with E-state index in [-0.39, 0.29) is 0 Å². The Hall–Kier alpha value is -0.870. The number of fused-ring (bicyclic) bond motifs is 1. The van der Waals surface area contributed by atoms with Gasteiger partial charge in [0.15, 0.2) is 0 Å². The lowest BCUT2D eigenvalue weighted by atomic mass is 10.1. The van der Waals surface area contributed by atoms with Gasteiger partial charge in [-0.05, 0) is 12.8 Å². The van der Waals surface area contributed by atoms with E-state index < -0.39 is 0 Å². The molecule has 4 heteroatoms. The van der Waals surface area contributed by atoms with Gasteiger partial charge in [-0.25, -0.2) is 4.98 Å². The van der Waals surface area contributed by atoms with E-state index in [0.29, 0.717) is 6.04 Å². The summed E-state index contributed by atoms with van der Waals surface area (Å²) in [5, 5.41) is 0. The van der Waals surface area contributed by atoms with Crippen LogP contribution in [0.1, 0.15) is 25.6 Å². The van der Waals surface area contributed by atoms with Crippen molar-refractivity contribution in [1.29, 1.82) is 0 Å². The second kappa shape index (κ2) is 4.77. The van der Waals surface area contributed by atoms with Crippen molar-refractivity contribution in [3.05, 3.63) is 18.2 Å². The summed E-state index contributed by atoms with van der Waals surface area (Å²) in [6, 6.07) is 0.353. The van der Waals surface area contributed by atoms with E-state index in [1.807, 2.05) is 6.20 Å². The van der Waals surface area contributed by atoms with Gasteiger partial charge < -0.3 is 10.3 Å². The van der Waals surface area contributed by atoms with Crippen molar-refractivity contribution >= 4 is 0 Å². The fraction of sp³-hybridized carbons (Fsp3) is 0.727. The molecule has 1 aliphatic heterocycles. The van der Waals surface area contributed by atoms with Gasteiger partial charge in [0.05, 0.1) is 6.54 Å². The monoisotopic (exact) mass is 208 g/mol. The molecule has 0 saturated carbocycles. The van der Waals surface area contributed by atoms with Gasteiger partial charge in [-0.15, -0.1) is 0 Å². The van der Waals surface area contributed by atoms with Crippen molar-refractivity contribution in [1.82, 2.24) is 14.5 Å². The smallest absolute Gasteiger partial charge is 0.122 e. The van der Waals surface area contributed by atoms with E-state index in [1.165, 1.54) is 5.82 Å². The Labute approximate surface area is 91.1 Å². The molecule has 0 aliphatic carbocycles. The molecule has 0 radical (unpaired) electrons. The summed E-state index contributed by atoms with van der Waals surface area (Å²) in [7, 11) is 0. The van der Waals surface area contributed by atoms with Gasteiger partial charge >= 0.3 is 0 Å². The lowest BCUT2D eigenvalue weighted by Crippen LogP contribution is -2.36. The van der Waals surface area contributed by atoms with Gasteiger partial charge in [-0.3, -0.25) is 4.90 Å². The first kappa shape index (κ1) is 10.6. The van der Waals surface area contributed by atoms with Gasteiger partial charge in [0, 0.05) is 38.1 Å². The average Bonchev–Trinajstić information content (AvgIpc) is 2.72. The summed E-state index contributed by atoms with van der Waals surface area (Å²) >= 11 is 0. The molecule has 0 amide bonds. The predicted octanol–water partition coefficient (Wildman–Crippen LogP) is 0.826. The quantitative estimate of drug-likeness (QED) is 0.797. The number of nitrogens with zero attached hydrogens (tertiary/aromatic N) is 3. The Kier molecular flexibility index (Phi) is 3.38. The molecule has 0 aromatic carbocycles. The first-order chi connectivity index (χ1) is 7.29. The molecule has 0 fully saturated rings. The molecule has 2 N–H and O–H groups in total. The Bertz CT molecular complexity index is 307. The maximum Gasteiger partial charge on any atom is 0.122 e. The second-order valence-corrected chi connectivity index (χ2v) is 4.27. The standard InChI is InChI=1S/C11H20N4/c1-2-10(12)3-5-14-7-8-15-6-4-13-11(15)9-14/h4,6,10H,2-3,5,7-9,12H2,1H3. The van der Waals surface area contributed by atoms with Crippen LogP contribution in [0.25, 0.3) is 0 Å². The Morgan fingerprint density at radius 1 is 1.53 bits per heavy atom. The Morgan fingerprint density at radius 2 is 2.40 bits per heavy atom. The summed E-state index contributed by atoms with van der Waals surface area (Å²) in [6.45, 7) is 6.41. The normalized spacial score (nSPS) is 18.8. The van der Waals surface area contributed by atoms with Crippen molar-refractivity contribution in [3.8, 4) is 0 Å². The summed E-state index contributed by atoms with van der Waals surface area (Å²) in [5.74, 6) is 1.19. The number of nitrogens with two attached hydrogens (primary N) is 1. The van der Waals surface area contributed by atoms with E-state index >= 15 is 0 Å². The van der Waals surface area contributed by atoms with Crippen LogP contribution in [-0.4, -0.2) is 33.6 Å². The minimum absolute atomic E-state index is 0.353. The van der Waals surface area contributed by atoms with Gasteiger partial charge in [-0.1, -0.05) is 6.92 Å². The van der Waals surface area contributed by atoms with Crippen LogP contribution < -0.4 is 5.73 Å². The van der Waals surface area contributed by atoms with Crippen molar-refractivity contribution < 1.29 is 0 Å². The molecule has 1 unspecified atom stereocenters. The summed E-state index contributed by atoms with van der Waals surface area (Å²) < 4.78 is 2.23. The first-order valence-electron chi connectivity index (χ1n) is 5.77. The molecule has 0 spiro atoms. The van der Waals surface area contributed by atoms with Crippen LogP contribution in [0.5, 0.6) is 0 Å². The van der Waals surface area contributed by atoms with Gasteiger partial charge in [-0.2, -0.15) is 0 Å². The van der Waals surface area contributed by atoms with Crippen LogP contribution in [0.3, 0.4) is 0 Å². The number of hydrogen-bond acceptors (Lipinski definition) is 3. The molecule has 1 atom stereocenters. The van der Waals surface area contributed by atoms with E-state index in [0.717, 1.165) is 39.0 Å². The molecule has 2 heterocycles. The van der Waals surface area contributed by atoms with E-state index in [4.69, 9.17) is 5.73 Å². The van der Waals surface area contributed by atoms with Gasteiger partial charge in [0.1, 0.15) is 5.82 Å². The number of hydrogen-bond donors (Lipinski definition) is 1. The van der Waals surface area contributed by atoms with Crippen molar-refractivity contribution in [3.63, 3.8) is 0 Å². The lowest BCUT2D eigenvalue weighted by Gasteiger charge is -2.28. The number of aromatic nitrogens is 2. The SMILES string of the molecule is CCC(N)CCN1CCn2ccnc2C1. The molecule has 0 saturated heterocycles. The molecule has 1 aromatic heterocycles. The van der Waals surface area contributed by atoms with Gasteiger partial charge in [0.2, 0.25) is 0 Å². The highest BCUT2D eigenvalue weighted by Crippen LogP contribution is 2.10. The average molecular weight is 208 g/mol. The molecule has 0 bridgehead atoms. The molecule has 4 nitrogen and oxygen atoms in total. The van der Waals surface area contributed by atoms with Crippen LogP contribution in [0.2, 0.25) is 0 Å². The number of rotatable bonds is 4. The predicted molar refractivity (Wildman–Crippen MR) is 60.4 cm³/mol. The topological polar surface area (TPSA) is 47.1 Å². The highest BCUT2D eigenvalue weighted by Gasteiger charge is 2.16. The van der Waals surface area contributed by atoms with Crippen LogP contribution in [0.15, 0.2) is 12.4 Å². The third-order valence-electron chi connectivity index (χ3n) is 3.16. The molecule has 1 aliphatic rings. The molecule has 15 heavy (non-hydrogen) atoms. The van der Waals surface area contributed by atoms with Crippen LogP contribution >= 0.6 is 0 Å². The first-order valence-corrected chi connectivity index (χ1v) is 5.77. The lowest BCUT2D eigenvalue weighted by molar-refractivity contribution is 0.209. The fourth-order valence-electron chi connectivity index (χ4n) is 1.97. The minimum atomic E-state index is 0.353. The zero-order valence-corrected chi connectivity index (χ0v) is 9.39. The minimum Gasteiger partial charge on any atom is -0.333 e. The molecular formula is C11H20N4. The highest BCUT2D eigenvalue weighted by molar-refractivity contribution is 4.95. The highest BCUT2D eigenvalue weighted by atomic mass is 15.2. The largest absolute Gasteiger partial charge is 0.333 e.